The van der Waals surface area contributed by atoms with Crippen molar-refractivity contribution in [3.63, 3.8) is 0 Å². The highest BCUT2D eigenvalue weighted by atomic mass is 19.1. The van der Waals surface area contributed by atoms with Crippen molar-refractivity contribution in [1.82, 2.24) is 10.6 Å². The molecular formula is C26H27FN2O4. The van der Waals surface area contributed by atoms with Crippen molar-refractivity contribution in [2.24, 2.45) is 0 Å². The molecule has 3 aromatic rings. The second kappa shape index (κ2) is 11.7. The van der Waals surface area contributed by atoms with Crippen LogP contribution in [0.4, 0.5) is 4.39 Å². The molecule has 3 rings (SSSR count). The molecule has 172 valence electrons. The molecule has 0 aromatic heterocycles. The normalized spacial score (nSPS) is 11.4. The number of halogens is 1. The molecule has 2 N–H and O–H groups in total. The predicted molar refractivity (Wildman–Crippen MR) is 124 cm³/mol. The summed E-state index contributed by atoms with van der Waals surface area (Å²) in [6.07, 6.45) is 0.881. The zero-order valence-electron chi connectivity index (χ0n) is 18.6. The molecule has 0 aliphatic rings. The van der Waals surface area contributed by atoms with Crippen LogP contribution in [0.5, 0.6) is 11.5 Å². The molecule has 0 aliphatic carbocycles. The van der Waals surface area contributed by atoms with Gasteiger partial charge in [-0.1, -0.05) is 42.5 Å². The van der Waals surface area contributed by atoms with E-state index in [0.29, 0.717) is 30.9 Å². The smallest absolute Gasteiger partial charge is 0.252 e. The van der Waals surface area contributed by atoms with Gasteiger partial charge in [0.05, 0.1) is 14.2 Å². The third kappa shape index (κ3) is 6.80. The van der Waals surface area contributed by atoms with Crippen LogP contribution < -0.4 is 20.1 Å². The van der Waals surface area contributed by atoms with E-state index in [0.717, 1.165) is 17.2 Å². The maximum atomic E-state index is 13.5. The van der Waals surface area contributed by atoms with Gasteiger partial charge in [0.15, 0.2) is 11.5 Å². The molecule has 0 bridgehead atoms. The number of nitrogens with one attached hydrogen (secondary N) is 2. The summed E-state index contributed by atoms with van der Waals surface area (Å²) in [6.45, 7) is 0.370. The largest absolute Gasteiger partial charge is 0.493 e. The van der Waals surface area contributed by atoms with Crippen molar-refractivity contribution >= 4 is 11.8 Å². The van der Waals surface area contributed by atoms with E-state index in [4.69, 9.17) is 9.47 Å². The molecule has 0 saturated heterocycles. The van der Waals surface area contributed by atoms with Gasteiger partial charge in [0.2, 0.25) is 5.91 Å². The molecule has 1 unspecified atom stereocenters. The van der Waals surface area contributed by atoms with Gasteiger partial charge in [0, 0.05) is 18.5 Å². The molecule has 2 amide bonds. The number of carbonyl (C=O) groups excluding carboxylic acids is 2. The highest BCUT2D eigenvalue weighted by Gasteiger charge is 2.22. The summed E-state index contributed by atoms with van der Waals surface area (Å²) in [5, 5.41) is 5.62. The van der Waals surface area contributed by atoms with Crippen molar-refractivity contribution in [3.05, 3.63) is 95.3 Å². The van der Waals surface area contributed by atoms with Crippen LogP contribution in [-0.4, -0.2) is 38.6 Å². The first-order valence-electron chi connectivity index (χ1n) is 10.6. The van der Waals surface area contributed by atoms with E-state index in [1.54, 1.807) is 14.2 Å². The molecule has 0 fully saturated rings. The van der Waals surface area contributed by atoms with Crippen LogP contribution in [0.25, 0.3) is 0 Å². The van der Waals surface area contributed by atoms with Crippen LogP contribution in [0.3, 0.4) is 0 Å². The predicted octanol–water partition coefficient (Wildman–Crippen LogP) is 3.54. The lowest BCUT2D eigenvalue weighted by Gasteiger charge is -2.19. The van der Waals surface area contributed by atoms with Gasteiger partial charge in [0.1, 0.15) is 11.9 Å². The number of benzene rings is 3. The first kappa shape index (κ1) is 23.8. The summed E-state index contributed by atoms with van der Waals surface area (Å²) in [7, 11) is 3.14. The summed E-state index contributed by atoms with van der Waals surface area (Å²) in [5.74, 6) is -0.0879. The summed E-state index contributed by atoms with van der Waals surface area (Å²) >= 11 is 0. The van der Waals surface area contributed by atoms with Gasteiger partial charge in [-0.2, -0.15) is 0 Å². The van der Waals surface area contributed by atoms with Crippen LogP contribution in [0.1, 0.15) is 21.5 Å². The highest BCUT2D eigenvalue weighted by molar-refractivity contribution is 5.97. The molecule has 0 aliphatic heterocycles. The minimum Gasteiger partial charge on any atom is -0.493 e. The first-order valence-corrected chi connectivity index (χ1v) is 10.6. The fourth-order valence-corrected chi connectivity index (χ4v) is 3.42. The zero-order valence-corrected chi connectivity index (χ0v) is 18.6. The number of hydrogen-bond acceptors (Lipinski definition) is 4. The van der Waals surface area contributed by atoms with Gasteiger partial charge in [-0.3, -0.25) is 9.59 Å². The number of rotatable bonds is 10. The number of carbonyl (C=O) groups is 2. The van der Waals surface area contributed by atoms with Crippen molar-refractivity contribution in [2.45, 2.75) is 18.9 Å². The Labute approximate surface area is 192 Å². The third-order valence-corrected chi connectivity index (χ3v) is 5.15. The fraction of sp³-hybridized carbons (Fsp3) is 0.231. The van der Waals surface area contributed by atoms with Crippen LogP contribution in [0.2, 0.25) is 0 Å². The van der Waals surface area contributed by atoms with Gasteiger partial charge >= 0.3 is 0 Å². The summed E-state index contributed by atoms with van der Waals surface area (Å²) in [6, 6.07) is 19.5. The van der Waals surface area contributed by atoms with Gasteiger partial charge < -0.3 is 20.1 Å². The monoisotopic (exact) mass is 450 g/mol. The number of amides is 2. The first-order chi connectivity index (χ1) is 16.0. The average molecular weight is 451 g/mol. The van der Waals surface area contributed by atoms with E-state index in [2.05, 4.69) is 10.6 Å². The highest BCUT2D eigenvalue weighted by Crippen LogP contribution is 2.27. The van der Waals surface area contributed by atoms with E-state index >= 15 is 0 Å². The molecule has 0 spiro atoms. The van der Waals surface area contributed by atoms with Crippen molar-refractivity contribution in [2.75, 3.05) is 20.8 Å². The Kier molecular flexibility index (Phi) is 8.41. The minimum atomic E-state index is -0.812. The van der Waals surface area contributed by atoms with E-state index in [1.807, 2.05) is 48.5 Å². The van der Waals surface area contributed by atoms with Crippen LogP contribution >= 0.6 is 0 Å². The Morgan fingerprint density at radius 2 is 1.64 bits per heavy atom. The maximum Gasteiger partial charge on any atom is 0.252 e. The van der Waals surface area contributed by atoms with Gasteiger partial charge in [-0.05, 0) is 47.9 Å². The standard InChI is InChI=1S/C26H27FN2O4/c1-32-23-12-11-19(16-24(23)33-2)13-14-28-26(31)22(15-18-7-4-3-5-8-18)29-25(30)20-9-6-10-21(27)17-20/h3-12,16-17,22H,13-15H2,1-2H3,(H,28,31)(H,29,30). The second-order valence-electron chi connectivity index (χ2n) is 7.46. The quantitative estimate of drug-likeness (QED) is 0.495. The second-order valence-corrected chi connectivity index (χ2v) is 7.46. The summed E-state index contributed by atoms with van der Waals surface area (Å²) in [5.41, 5.74) is 2.03. The number of ether oxygens (including phenoxy) is 2. The van der Waals surface area contributed by atoms with E-state index in [-0.39, 0.29) is 11.5 Å². The van der Waals surface area contributed by atoms with Gasteiger partial charge in [-0.25, -0.2) is 4.39 Å². The maximum absolute atomic E-state index is 13.5. The van der Waals surface area contributed by atoms with Crippen LogP contribution in [0, 0.1) is 5.82 Å². The summed E-state index contributed by atoms with van der Waals surface area (Å²) < 4.78 is 24.1. The SMILES string of the molecule is COc1ccc(CCNC(=O)C(Cc2ccccc2)NC(=O)c2cccc(F)c2)cc1OC. The van der Waals surface area contributed by atoms with Crippen LogP contribution in [0.15, 0.2) is 72.8 Å². The molecule has 0 radical (unpaired) electrons. The van der Waals surface area contributed by atoms with Crippen LogP contribution in [-0.2, 0) is 17.6 Å². The Balaban J connectivity index is 1.66. The summed E-state index contributed by atoms with van der Waals surface area (Å²) in [4.78, 5) is 25.6. The van der Waals surface area contributed by atoms with E-state index in [1.165, 1.54) is 18.2 Å². The molecular weight excluding hydrogens is 423 g/mol. The Hall–Kier alpha value is -3.87. The lowest BCUT2D eigenvalue weighted by molar-refractivity contribution is -0.122. The average Bonchev–Trinajstić information content (AvgIpc) is 2.84. The molecule has 3 aromatic carbocycles. The fourth-order valence-electron chi connectivity index (χ4n) is 3.42. The molecule has 1 atom stereocenters. The van der Waals surface area contributed by atoms with E-state index < -0.39 is 17.8 Å². The molecule has 7 heteroatoms. The number of methoxy groups -OCH3 is 2. The topological polar surface area (TPSA) is 76.7 Å². The molecule has 33 heavy (non-hydrogen) atoms. The molecule has 0 heterocycles. The molecule has 6 nitrogen and oxygen atoms in total. The third-order valence-electron chi connectivity index (χ3n) is 5.15. The lowest BCUT2D eigenvalue weighted by Crippen LogP contribution is -2.48. The Morgan fingerprint density at radius 3 is 2.33 bits per heavy atom. The Bertz CT molecular complexity index is 1090. The molecule has 0 saturated carbocycles. The van der Waals surface area contributed by atoms with E-state index in [9.17, 15) is 14.0 Å². The minimum absolute atomic E-state index is 0.159. The lowest BCUT2D eigenvalue weighted by atomic mass is 10.0. The Morgan fingerprint density at radius 1 is 0.879 bits per heavy atom. The number of hydrogen-bond donors (Lipinski definition) is 2. The van der Waals surface area contributed by atoms with Gasteiger partial charge in [-0.15, -0.1) is 0 Å². The van der Waals surface area contributed by atoms with Crippen molar-refractivity contribution in [1.29, 1.82) is 0 Å². The van der Waals surface area contributed by atoms with Crippen molar-refractivity contribution < 1.29 is 23.5 Å². The van der Waals surface area contributed by atoms with Crippen molar-refractivity contribution in [3.8, 4) is 11.5 Å². The zero-order chi connectivity index (χ0) is 23.6. The van der Waals surface area contributed by atoms with Gasteiger partial charge in [0.25, 0.3) is 5.91 Å².